The van der Waals surface area contributed by atoms with Crippen LogP contribution in [0.15, 0.2) is 42.5 Å². The van der Waals surface area contributed by atoms with Crippen molar-refractivity contribution in [3.63, 3.8) is 0 Å². The molecule has 1 aliphatic rings. The molecule has 0 aliphatic carbocycles. The Kier molecular flexibility index (Phi) is 5.23. The first-order valence-electron chi connectivity index (χ1n) is 7.87. The average Bonchev–Trinajstić information content (AvgIpc) is 3.14. The molecule has 1 heterocycles. The van der Waals surface area contributed by atoms with Gasteiger partial charge in [-0.15, -0.1) is 0 Å². The molecule has 0 bridgehead atoms. The molecule has 0 unspecified atom stereocenters. The molecule has 1 atom stereocenters. The molecule has 3 rings (SSSR count). The quantitative estimate of drug-likeness (QED) is 0.715. The Morgan fingerprint density at radius 3 is 2.58 bits per heavy atom. The number of carbonyl (C=O) groups excluding carboxylic acids is 2. The van der Waals surface area contributed by atoms with Crippen LogP contribution < -0.4 is 24.8 Å². The molecule has 0 fully saturated rings. The van der Waals surface area contributed by atoms with Crippen molar-refractivity contribution in [3.05, 3.63) is 48.0 Å². The van der Waals surface area contributed by atoms with Crippen molar-refractivity contribution in [2.75, 3.05) is 25.8 Å². The van der Waals surface area contributed by atoms with E-state index >= 15 is 0 Å². The zero-order valence-corrected chi connectivity index (χ0v) is 14.0. The fourth-order valence-corrected chi connectivity index (χ4v) is 2.38. The van der Waals surface area contributed by atoms with E-state index in [0.717, 1.165) is 0 Å². The van der Waals surface area contributed by atoms with Gasteiger partial charge in [0.1, 0.15) is 11.8 Å². The molecule has 136 valence electrons. The number of amides is 2. The molecule has 3 N–H and O–H groups in total. The summed E-state index contributed by atoms with van der Waals surface area (Å²) in [5.74, 6) is 0.621. The second-order valence-corrected chi connectivity index (χ2v) is 5.49. The summed E-state index contributed by atoms with van der Waals surface area (Å²) in [6.07, 6.45) is 0. The standard InChI is InChI=1S/C18H18N2O6/c1-24-13-5-3-12(4-6-13)19-18(23)14(9-21)20-17(22)11-2-7-15-16(8-11)26-10-25-15/h2-8,14,21H,9-10H2,1H3,(H,19,23)(H,20,22)/t14-/m0/s1. The van der Waals surface area contributed by atoms with Gasteiger partial charge in [0.25, 0.3) is 5.91 Å². The number of ether oxygens (including phenoxy) is 3. The normalized spacial score (nSPS) is 13.0. The fourth-order valence-electron chi connectivity index (χ4n) is 2.38. The monoisotopic (exact) mass is 358 g/mol. The molecule has 0 saturated heterocycles. The molecule has 1 aliphatic heterocycles. The Morgan fingerprint density at radius 1 is 1.15 bits per heavy atom. The Labute approximate surface area is 149 Å². The lowest BCUT2D eigenvalue weighted by atomic mass is 10.1. The molecule has 0 spiro atoms. The number of carbonyl (C=O) groups is 2. The van der Waals surface area contributed by atoms with Gasteiger partial charge in [-0.05, 0) is 42.5 Å². The molecule has 0 radical (unpaired) electrons. The van der Waals surface area contributed by atoms with Crippen molar-refractivity contribution >= 4 is 17.5 Å². The van der Waals surface area contributed by atoms with E-state index in [0.29, 0.717) is 28.5 Å². The number of fused-ring (bicyclic) bond motifs is 1. The molecule has 0 saturated carbocycles. The molecule has 2 aromatic rings. The van der Waals surface area contributed by atoms with E-state index in [-0.39, 0.29) is 6.79 Å². The van der Waals surface area contributed by atoms with Gasteiger partial charge in [0.05, 0.1) is 13.7 Å². The summed E-state index contributed by atoms with van der Waals surface area (Å²) in [5, 5.41) is 14.6. The Bertz CT molecular complexity index is 806. The first kappa shape index (κ1) is 17.6. The zero-order chi connectivity index (χ0) is 18.5. The maximum atomic E-state index is 12.3. The van der Waals surface area contributed by atoms with E-state index in [1.165, 1.54) is 6.07 Å². The lowest BCUT2D eigenvalue weighted by Gasteiger charge is -2.16. The summed E-state index contributed by atoms with van der Waals surface area (Å²) in [6.45, 7) is -0.442. The summed E-state index contributed by atoms with van der Waals surface area (Å²) in [5.41, 5.74) is 0.816. The van der Waals surface area contributed by atoms with Gasteiger partial charge in [-0.2, -0.15) is 0 Å². The van der Waals surface area contributed by atoms with Crippen molar-refractivity contribution < 1.29 is 28.9 Å². The number of rotatable bonds is 6. The van der Waals surface area contributed by atoms with Crippen molar-refractivity contribution in [1.29, 1.82) is 0 Å². The van der Waals surface area contributed by atoms with Crippen LogP contribution in [-0.4, -0.2) is 43.5 Å². The highest BCUT2D eigenvalue weighted by atomic mass is 16.7. The zero-order valence-electron chi connectivity index (χ0n) is 14.0. The number of hydrogen-bond donors (Lipinski definition) is 3. The van der Waals surface area contributed by atoms with Crippen LogP contribution in [0.25, 0.3) is 0 Å². The predicted octanol–water partition coefficient (Wildman–Crippen LogP) is 1.15. The molecular weight excluding hydrogens is 340 g/mol. The van der Waals surface area contributed by atoms with E-state index in [1.807, 2.05) is 0 Å². The van der Waals surface area contributed by atoms with Gasteiger partial charge in [-0.3, -0.25) is 9.59 Å². The minimum absolute atomic E-state index is 0.101. The summed E-state index contributed by atoms with van der Waals surface area (Å²) in [4.78, 5) is 24.6. The van der Waals surface area contributed by atoms with Crippen molar-refractivity contribution in [2.24, 2.45) is 0 Å². The minimum Gasteiger partial charge on any atom is -0.497 e. The summed E-state index contributed by atoms with van der Waals surface area (Å²) in [7, 11) is 1.54. The number of anilines is 1. The molecule has 2 amide bonds. The third kappa shape index (κ3) is 3.86. The average molecular weight is 358 g/mol. The summed E-state index contributed by atoms with van der Waals surface area (Å²) < 4.78 is 15.5. The Balaban J connectivity index is 1.64. The third-order valence-corrected chi connectivity index (χ3v) is 3.80. The second kappa shape index (κ2) is 7.75. The van der Waals surface area contributed by atoms with Crippen LogP contribution in [-0.2, 0) is 4.79 Å². The van der Waals surface area contributed by atoms with E-state index in [2.05, 4.69) is 10.6 Å². The molecule has 2 aromatic carbocycles. The largest absolute Gasteiger partial charge is 0.497 e. The highest BCUT2D eigenvalue weighted by Crippen LogP contribution is 2.32. The molecule has 8 nitrogen and oxygen atoms in total. The van der Waals surface area contributed by atoms with Crippen LogP contribution in [0.2, 0.25) is 0 Å². The summed E-state index contributed by atoms with van der Waals surface area (Å²) >= 11 is 0. The van der Waals surface area contributed by atoms with E-state index in [9.17, 15) is 14.7 Å². The maximum Gasteiger partial charge on any atom is 0.252 e. The van der Waals surface area contributed by atoms with E-state index in [1.54, 1.807) is 43.5 Å². The van der Waals surface area contributed by atoms with Crippen LogP contribution in [0.1, 0.15) is 10.4 Å². The van der Waals surface area contributed by atoms with Crippen LogP contribution >= 0.6 is 0 Å². The number of benzene rings is 2. The second-order valence-electron chi connectivity index (χ2n) is 5.49. The maximum absolute atomic E-state index is 12.3. The van der Waals surface area contributed by atoms with Crippen molar-refractivity contribution in [3.8, 4) is 17.2 Å². The van der Waals surface area contributed by atoms with E-state index in [4.69, 9.17) is 14.2 Å². The van der Waals surface area contributed by atoms with Gasteiger partial charge in [0.2, 0.25) is 12.7 Å². The smallest absolute Gasteiger partial charge is 0.252 e. The summed E-state index contributed by atoms with van der Waals surface area (Å²) in [6, 6.07) is 10.3. The van der Waals surface area contributed by atoms with Gasteiger partial charge in [-0.1, -0.05) is 0 Å². The van der Waals surface area contributed by atoms with Gasteiger partial charge in [0, 0.05) is 11.3 Å². The lowest BCUT2D eigenvalue weighted by molar-refractivity contribution is -0.118. The molecule has 8 heteroatoms. The molecular formula is C18H18N2O6. The molecule has 26 heavy (non-hydrogen) atoms. The number of methoxy groups -OCH3 is 1. The number of aliphatic hydroxyl groups is 1. The Hall–Kier alpha value is -3.26. The lowest BCUT2D eigenvalue weighted by Crippen LogP contribution is -2.46. The fraction of sp³-hybridized carbons (Fsp3) is 0.222. The number of hydrogen-bond acceptors (Lipinski definition) is 6. The van der Waals surface area contributed by atoms with Gasteiger partial charge in [0.15, 0.2) is 11.5 Å². The predicted molar refractivity (Wildman–Crippen MR) is 92.5 cm³/mol. The Morgan fingerprint density at radius 2 is 1.88 bits per heavy atom. The number of nitrogens with one attached hydrogen (secondary N) is 2. The van der Waals surface area contributed by atoms with Crippen LogP contribution in [0, 0.1) is 0 Å². The van der Waals surface area contributed by atoms with Crippen molar-refractivity contribution in [1.82, 2.24) is 5.32 Å². The van der Waals surface area contributed by atoms with E-state index < -0.39 is 24.5 Å². The third-order valence-electron chi connectivity index (χ3n) is 3.80. The first-order valence-corrected chi connectivity index (χ1v) is 7.87. The minimum atomic E-state index is -1.10. The SMILES string of the molecule is COc1ccc(NC(=O)[C@H](CO)NC(=O)c2ccc3c(c2)OCO3)cc1. The van der Waals surface area contributed by atoms with Crippen LogP contribution in [0.5, 0.6) is 17.2 Å². The highest BCUT2D eigenvalue weighted by Gasteiger charge is 2.22. The van der Waals surface area contributed by atoms with Gasteiger partial charge >= 0.3 is 0 Å². The first-order chi connectivity index (χ1) is 12.6. The van der Waals surface area contributed by atoms with Gasteiger partial charge < -0.3 is 30.0 Å². The van der Waals surface area contributed by atoms with Crippen LogP contribution in [0.3, 0.4) is 0 Å². The topological polar surface area (TPSA) is 106 Å². The van der Waals surface area contributed by atoms with Gasteiger partial charge in [-0.25, -0.2) is 0 Å². The molecule has 0 aromatic heterocycles. The van der Waals surface area contributed by atoms with Crippen molar-refractivity contribution in [2.45, 2.75) is 6.04 Å². The number of aliphatic hydroxyl groups excluding tert-OH is 1. The highest BCUT2D eigenvalue weighted by molar-refractivity contribution is 6.01. The van der Waals surface area contributed by atoms with Crippen LogP contribution in [0.4, 0.5) is 5.69 Å².